The van der Waals surface area contributed by atoms with Crippen LogP contribution < -0.4 is 0 Å². The number of rotatable bonds is 0. The summed E-state index contributed by atoms with van der Waals surface area (Å²) in [6, 6.07) is 6.06. The summed E-state index contributed by atoms with van der Waals surface area (Å²) in [6.07, 6.45) is 1.79. The van der Waals surface area contributed by atoms with E-state index in [-0.39, 0.29) is 0 Å². The summed E-state index contributed by atoms with van der Waals surface area (Å²) in [7, 11) is 0. The second-order valence-electron chi connectivity index (χ2n) is 2.93. The summed E-state index contributed by atoms with van der Waals surface area (Å²) >= 11 is 7.77. The maximum Gasteiger partial charge on any atom is 0.0706 e. The molecule has 1 aromatic carbocycles. The zero-order chi connectivity index (χ0) is 9.42. The monoisotopic (exact) mass is 253 g/mol. The Morgan fingerprint density at radius 3 is 2.92 bits per heavy atom. The fourth-order valence-electron chi connectivity index (χ4n) is 1.29. The fourth-order valence-corrected chi connectivity index (χ4v) is 1.83. The van der Waals surface area contributed by atoms with Crippen molar-refractivity contribution in [3.8, 4) is 0 Å². The van der Waals surface area contributed by atoms with Crippen LogP contribution in [0.25, 0.3) is 10.9 Å². The zero-order valence-electron chi connectivity index (χ0n) is 7.08. The van der Waals surface area contributed by atoms with E-state index in [0.717, 1.165) is 20.3 Å². The molecule has 0 aliphatic carbocycles. The molecule has 0 aliphatic heterocycles. The highest BCUT2D eigenvalue weighted by atomic mass is 79.9. The van der Waals surface area contributed by atoms with Crippen LogP contribution in [0.5, 0.6) is 0 Å². The van der Waals surface area contributed by atoms with Crippen molar-refractivity contribution in [2.24, 2.45) is 0 Å². The van der Waals surface area contributed by atoms with Gasteiger partial charge in [-0.15, -0.1) is 12.6 Å². The Balaban J connectivity index is 2.89. The molecule has 0 bridgehead atoms. The molecule has 66 valence electrons. The lowest BCUT2D eigenvalue weighted by molar-refractivity contribution is 1.24. The quantitative estimate of drug-likeness (QED) is 0.709. The first-order valence-corrected chi connectivity index (χ1v) is 5.16. The number of hydrogen-bond donors (Lipinski definition) is 1. The molecule has 0 saturated heterocycles. The van der Waals surface area contributed by atoms with E-state index in [1.807, 2.05) is 12.1 Å². The minimum Gasteiger partial charge on any atom is -0.255 e. The van der Waals surface area contributed by atoms with Gasteiger partial charge in [-0.2, -0.15) is 0 Å². The molecule has 0 N–H and O–H groups in total. The third kappa shape index (κ3) is 1.58. The van der Waals surface area contributed by atoms with E-state index >= 15 is 0 Å². The molecule has 1 aromatic heterocycles. The van der Waals surface area contributed by atoms with Gasteiger partial charge in [-0.25, -0.2) is 0 Å². The zero-order valence-corrected chi connectivity index (χ0v) is 9.56. The van der Waals surface area contributed by atoms with Crippen LogP contribution in [-0.2, 0) is 0 Å². The summed E-state index contributed by atoms with van der Waals surface area (Å²) in [5, 5.41) is 1.15. The molecule has 0 aliphatic rings. The molecule has 3 heteroatoms. The van der Waals surface area contributed by atoms with Crippen molar-refractivity contribution in [2.75, 3.05) is 0 Å². The Hall–Kier alpha value is -0.540. The van der Waals surface area contributed by atoms with E-state index < -0.39 is 0 Å². The van der Waals surface area contributed by atoms with E-state index in [2.05, 4.69) is 46.5 Å². The molecule has 2 aromatic rings. The number of halogens is 1. The van der Waals surface area contributed by atoms with Crippen LogP contribution >= 0.6 is 28.6 Å². The Kier molecular flexibility index (Phi) is 2.30. The average molecular weight is 254 g/mol. The predicted molar refractivity (Wildman–Crippen MR) is 61.4 cm³/mol. The van der Waals surface area contributed by atoms with Crippen LogP contribution in [0, 0.1) is 6.92 Å². The predicted octanol–water partition coefficient (Wildman–Crippen LogP) is 3.59. The van der Waals surface area contributed by atoms with Gasteiger partial charge in [-0.3, -0.25) is 4.98 Å². The number of nitrogens with zero attached hydrogens (tertiary/aromatic N) is 1. The number of hydrogen-bond acceptors (Lipinski definition) is 2. The van der Waals surface area contributed by atoms with Crippen LogP contribution in [0.4, 0.5) is 0 Å². The van der Waals surface area contributed by atoms with Crippen molar-refractivity contribution in [2.45, 2.75) is 11.8 Å². The normalized spacial score (nSPS) is 10.7. The van der Waals surface area contributed by atoms with Crippen LogP contribution in [0.3, 0.4) is 0 Å². The van der Waals surface area contributed by atoms with Crippen molar-refractivity contribution >= 4 is 39.5 Å². The van der Waals surface area contributed by atoms with Crippen LogP contribution in [0.1, 0.15) is 5.56 Å². The standard InChI is InChI=1S/C10H8BrNS/c1-6-8-4-7(11)2-3-9(8)12-5-10(6)13/h2-5,13H,1H3. The Bertz CT molecular complexity index is 462. The highest BCUT2D eigenvalue weighted by molar-refractivity contribution is 9.10. The number of aromatic nitrogens is 1. The second-order valence-corrected chi connectivity index (χ2v) is 4.33. The van der Waals surface area contributed by atoms with Gasteiger partial charge in [0.1, 0.15) is 0 Å². The van der Waals surface area contributed by atoms with Gasteiger partial charge < -0.3 is 0 Å². The lowest BCUT2D eigenvalue weighted by Crippen LogP contribution is -1.84. The number of pyridine rings is 1. The molecule has 0 spiro atoms. The molecule has 0 amide bonds. The molecule has 2 rings (SSSR count). The van der Waals surface area contributed by atoms with Gasteiger partial charge in [0, 0.05) is 21.0 Å². The summed E-state index contributed by atoms with van der Waals surface area (Å²) in [5.74, 6) is 0. The van der Waals surface area contributed by atoms with Crippen molar-refractivity contribution < 1.29 is 0 Å². The Morgan fingerprint density at radius 1 is 1.38 bits per heavy atom. The van der Waals surface area contributed by atoms with Gasteiger partial charge in [0.2, 0.25) is 0 Å². The lowest BCUT2D eigenvalue weighted by atomic mass is 10.1. The first-order chi connectivity index (χ1) is 6.18. The second kappa shape index (κ2) is 3.31. The SMILES string of the molecule is Cc1c(S)cnc2ccc(Br)cc12. The third-order valence-corrected chi connectivity index (χ3v) is 3.02. The Labute approximate surface area is 90.7 Å². The van der Waals surface area contributed by atoms with Gasteiger partial charge in [-0.05, 0) is 30.7 Å². The van der Waals surface area contributed by atoms with Crippen molar-refractivity contribution in [1.29, 1.82) is 0 Å². The largest absolute Gasteiger partial charge is 0.255 e. The molecule has 13 heavy (non-hydrogen) atoms. The maximum atomic E-state index is 4.33. The summed E-state index contributed by atoms with van der Waals surface area (Å²) in [6.45, 7) is 2.05. The minimum absolute atomic E-state index is 0.936. The summed E-state index contributed by atoms with van der Waals surface area (Å²) in [4.78, 5) is 5.22. The van der Waals surface area contributed by atoms with E-state index in [4.69, 9.17) is 0 Å². The van der Waals surface area contributed by atoms with Crippen molar-refractivity contribution in [1.82, 2.24) is 4.98 Å². The first kappa shape index (κ1) is 9.03. The highest BCUT2D eigenvalue weighted by Crippen LogP contribution is 2.24. The lowest BCUT2D eigenvalue weighted by Gasteiger charge is -2.03. The smallest absolute Gasteiger partial charge is 0.0706 e. The molecule has 0 unspecified atom stereocenters. The number of aryl methyl sites for hydroxylation is 1. The van der Waals surface area contributed by atoms with E-state index in [1.54, 1.807) is 6.20 Å². The molecular weight excluding hydrogens is 246 g/mol. The molecule has 0 fully saturated rings. The maximum absolute atomic E-state index is 4.33. The van der Waals surface area contributed by atoms with E-state index in [0.29, 0.717) is 0 Å². The topological polar surface area (TPSA) is 12.9 Å². The molecule has 1 nitrogen and oxygen atoms in total. The van der Waals surface area contributed by atoms with Crippen LogP contribution in [-0.4, -0.2) is 4.98 Å². The number of benzene rings is 1. The van der Waals surface area contributed by atoms with Crippen molar-refractivity contribution in [3.63, 3.8) is 0 Å². The van der Waals surface area contributed by atoms with Gasteiger partial charge >= 0.3 is 0 Å². The van der Waals surface area contributed by atoms with Crippen molar-refractivity contribution in [3.05, 3.63) is 34.4 Å². The van der Waals surface area contributed by atoms with E-state index in [1.165, 1.54) is 5.56 Å². The molecule has 0 radical (unpaired) electrons. The molecule has 0 atom stereocenters. The van der Waals surface area contributed by atoms with E-state index in [9.17, 15) is 0 Å². The minimum atomic E-state index is 0.936. The fraction of sp³-hybridized carbons (Fsp3) is 0.100. The van der Waals surface area contributed by atoms with Gasteiger partial charge in [0.05, 0.1) is 5.52 Å². The average Bonchev–Trinajstić information content (AvgIpc) is 2.12. The number of thiol groups is 1. The highest BCUT2D eigenvalue weighted by Gasteiger charge is 2.01. The first-order valence-electron chi connectivity index (χ1n) is 3.92. The van der Waals surface area contributed by atoms with Gasteiger partial charge in [-0.1, -0.05) is 15.9 Å². The number of fused-ring (bicyclic) bond motifs is 1. The summed E-state index contributed by atoms with van der Waals surface area (Å²) in [5.41, 5.74) is 2.19. The Morgan fingerprint density at radius 2 is 2.15 bits per heavy atom. The summed E-state index contributed by atoms with van der Waals surface area (Å²) < 4.78 is 1.07. The van der Waals surface area contributed by atoms with Gasteiger partial charge in [0.25, 0.3) is 0 Å². The van der Waals surface area contributed by atoms with Gasteiger partial charge in [0.15, 0.2) is 0 Å². The van der Waals surface area contributed by atoms with Crippen LogP contribution in [0.15, 0.2) is 33.8 Å². The van der Waals surface area contributed by atoms with Crippen LogP contribution in [0.2, 0.25) is 0 Å². The molecule has 0 saturated carbocycles. The molecule has 1 heterocycles. The molecular formula is C10H8BrNS. The third-order valence-electron chi connectivity index (χ3n) is 2.07.